The Labute approximate surface area is 94.1 Å². The van der Waals surface area contributed by atoms with Gasteiger partial charge in [-0.25, -0.2) is 4.39 Å². The number of halogens is 1. The zero-order valence-corrected chi connectivity index (χ0v) is 9.11. The molecule has 1 amide bonds. The summed E-state index contributed by atoms with van der Waals surface area (Å²) in [5.41, 5.74) is 0.281. The highest BCUT2D eigenvalue weighted by atomic mass is 19.1. The summed E-state index contributed by atoms with van der Waals surface area (Å²) in [5.74, 6) is -0.748. The molecule has 1 aromatic rings. The van der Waals surface area contributed by atoms with Gasteiger partial charge in [0.2, 0.25) is 0 Å². The number of hydrogen-bond acceptors (Lipinski definition) is 2. The van der Waals surface area contributed by atoms with Crippen LogP contribution in [0.25, 0.3) is 0 Å². The third kappa shape index (κ3) is 3.06. The van der Waals surface area contributed by atoms with E-state index in [9.17, 15) is 9.18 Å². The quantitative estimate of drug-likeness (QED) is 0.730. The SMILES string of the molecule is CCCN(CC#N)C(=O)c1cccc(F)c1. The minimum Gasteiger partial charge on any atom is -0.325 e. The smallest absolute Gasteiger partial charge is 0.254 e. The lowest BCUT2D eigenvalue weighted by Crippen LogP contribution is -2.32. The van der Waals surface area contributed by atoms with Crippen molar-refractivity contribution in [1.82, 2.24) is 4.90 Å². The van der Waals surface area contributed by atoms with Gasteiger partial charge in [-0.1, -0.05) is 13.0 Å². The van der Waals surface area contributed by atoms with Crippen molar-refractivity contribution >= 4 is 5.91 Å². The molecule has 0 heterocycles. The lowest BCUT2D eigenvalue weighted by atomic mass is 10.2. The molecule has 0 aliphatic heterocycles. The third-order valence-electron chi connectivity index (χ3n) is 2.11. The van der Waals surface area contributed by atoms with Gasteiger partial charge < -0.3 is 4.90 Å². The topological polar surface area (TPSA) is 44.1 Å². The molecule has 0 aliphatic carbocycles. The van der Waals surface area contributed by atoms with E-state index in [-0.39, 0.29) is 18.0 Å². The van der Waals surface area contributed by atoms with Crippen LogP contribution < -0.4 is 0 Å². The highest BCUT2D eigenvalue weighted by molar-refractivity contribution is 5.94. The molecule has 1 rings (SSSR count). The summed E-state index contributed by atoms with van der Waals surface area (Å²) < 4.78 is 12.9. The lowest BCUT2D eigenvalue weighted by Gasteiger charge is -2.18. The number of nitriles is 1. The fourth-order valence-corrected chi connectivity index (χ4v) is 1.41. The van der Waals surface area contributed by atoms with Crippen LogP contribution in [0.3, 0.4) is 0 Å². The van der Waals surface area contributed by atoms with Gasteiger partial charge in [-0.15, -0.1) is 0 Å². The van der Waals surface area contributed by atoms with Gasteiger partial charge in [-0.2, -0.15) is 5.26 Å². The van der Waals surface area contributed by atoms with E-state index in [4.69, 9.17) is 5.26 Å². The number of benzene rings is 1. The maximum atomic E-state index is 12.9. The molecule has 84 valence electrons. The first kappa shape index (κ1) is 12.2. The average Bonchev–Trinajstić information content (AvgIpc) is 2.28. The Kier molecular flexibility index (Phi) is 4.46. The van der Waals surface area contributed by atoms with Crippen molar-refractivity contribution in [2.24, 2.45) is 0 Å². The fraction of sp³-hybridized carbons (Fsp3) is 0.333. The zero-order valence-electron chi connectivity index (χ0n) is 9.11. The minimum atomic E-state index is -0.445. The van der Waals surface area contributed by atoms with E-state index in [2.05, 4.69) is 0 Å². The molecule has 1 aromatic carbocycles. The Morgan fingerprint density at radius 3 is 2.88 bits per heavy atom. The van der Waals surface area contributed by atoms with Gasteiger partial charge in [-0.05, 0) is 24.6 Å². The van der Waals surface area contributed by atoms with Crippen molar-refractivity contribution in [3.8, 4) is 6.07 Å². The van der Waals surface area contributed by atoms with Crippen LogP contribution in [-0.4, -0.2) is 23.9 Å². The summed E-state index contributed by atoms with van der Waals surface area (Å²) in [7, 11) is 0. The number of rotatable bonds is 4. The van der Waals surface area contributed by atoms with Crippen molar-refractivity contribution in [2.45, 2.75) is 13.3 Å². The Balaban J connectivity index is 2.86. The lowest BCUT2D eigenvalue weighted by molar-refractivity contribution is 0.0775. The first-order chi connectivity index (χ1) is 7.69. The van der Waals surface area contributed by atoms with Gasteiger partial charge in [-0.3, -0.25) is 4.79 Å². The molecule has 0 saturated carbocycles. The van der Waals surface area contributed by atoms with Crippen molar-refractivity contribution in [3.63, 3.8) is 0 Å². The molecule has 4 heteroatoms. The zero-order chi connectivity index (χ0) is 12.0. The summed E-state index contributed by atoms with van der Waals surface area (Å²) in [4.78, 5) is 13.3. The Hall–Kier alpha value is -1.89. The largest absolute Gasteiger partial charge is 0.325 e. The second kappa shape index (κ2) is 5.86. The fourth-order valence-electron chi connectivity index (χ4n) is 1.41. The minimum absolute atomic E-state index is 0.0309. The van der Waals surface area contributed by atoms with Gasteiger partial charge in [0.15, 0.2) is 0 Å². The number of carbonyl (C=O) groups is 1. The molecule has 0 spiro atoms. The summed E-state index contributed by atoms with van der Waals surface area (Å²) in [5, 5.41) is 8.60. The van der Waals surface area contributed by atoms with Crippen LogP contribution >= 0.6 is 0 Å². The van der Waals surface area contributed by atoms with Crippen LogP contribution in [0.2, 0.25) is 0 Å². The average molecular weight is 220 g/mol. The molecule has 0 N–H and O–H groups in total. The molecule has 0 radical (unpaired) electrons. The van der Waals surface area contributed by atoms with Gasteiger partial charge in [0.25, 0.3) is 5.91 Å². The molecule has 0 aromatic heterocycles. The predicted octanol–water partition coefficient (Wildman–Crippen LogP) is 2.20. The van der Waals surface area contributed by atoms with Crippen molar-refractivity contribution in [2.75, 3.05) is 13.1 Å². The van der Waals surface area contributed by atoms with Crippen LogP contribution in [0.4, 0.5) is 4.39 Å². The van der Waals surface area contributed by atoms with Gasteiger partial charge >= 0.3 is 0 Å². The van der Waals surface area contributed by atoms with E-state index < -0.39 is 5.82 Å². The van der Waals surface area contributed by atoms with Gasteiger partial charge in [0.1, 0.15) is 12.4 Å². The second-order valence-electron chi connectivity index (χ2n) is 3.40. The molecule has 0 unspecified atom stereocenters. The first-order valence-electron chi connectivity index (χ1n) is 5.10. The van der Waals surface area contributed by atoms with E-state index >= 15 is 0 Å². The Morgan fingerprint density at radius 2 is 2.31 bits per heavy atom. The van der Waals surface area contributed by atoms with Crippen LogP contribution in [-0.2, 0) is 0 Å². The number of amides is 1. The summed E-state index contributed by atoms with van der Waals surface area (Å²) in [6, 6.07) is 7.43. The summed E-state index contributed by atoms with van der Waals surface area (Å²) >= 11 is 0. The summed E-state index contributed by atoms with van der Waals surface area (Å²) in [6.45, 7) is 2.45. The van der Waals surface area contributed by atoms with Gasteiger partial charge in [0, 0.05) is 12.1 Å². The standard InChI is InChI=1S/C12H13FN2O/c1-2-7-15(8-6-14)12(16)10-4-3-5-11(13)9-10/h3-5,9H,2,7-8H2,1H3. The number of carbonyl (C=O) groups excluding carboxylic acids is 1. The van der Waals surface area contributed by atoms with Crippen molar-refractivity contribution in [1.29, 1.82) is 5.26 Å². The molecule has 0 fully saturated rings. The molecule has 0 atom stereocenters. The Morgan fingerprint density at radius 1 is 1.56 bits per heavy atom. The third-order valence-corrected chi connectivity index (χ3v) is 2.11. The molecular weight excluding hydrogens is 207 g/mol. The monoisotopic (exact) mass is 220 g/mol. The normalized spacial score (nSPS) is 9.56. The van der Waals surface area contributed by atoms with Crippen LogP contribution in [0.15, 0.2) is 24.3 Å². The maximum absolute atomic E-state index is 12.9. The maximum Gasteiger partial charge on any atom is 0.254 e. The van der Waals surface area contributed by atoms with Crippen LogP contribution in [0.1, 0.15) is 23.7 Å². The molecule has 0 bridgehead atoms. The molecule has 0 saturated heterocycles. The van der Waals surface area contributed by atoms with E-state index in [0.717, 1.165) is 6.42 Å². The predicted molar refractivity (Wildman–Crippen MR) is 58.2 cm³/mol. The second-order valence-corrected chi connectivity index (χ2v) is 3.40. The molecule has 16 heavy (non-hydrogen) atoms. The highest BCUT2D eigenvalue weighted by Crippen LogP contribution is 2.07. The van der Waals surface area contributed by atoms with Crippen LogP contribution in [0, 0.1) is 17.1 Å². The number of hydrogen-bond donors (Lipinski definition) is 0. The van der Waals surface area contributed by atoms with E-state index in [1.54, 1.807) is 6.07 Å². The van der Waals surface area contributed by atoms with E-state index in [0.29, 0.717) is 6.54 Å². The van der Waals surface area contributed by atoms with Crippen LogP contribution in [0.5, 0.6) is 0 Å². The molecule has 0 aliphatic rings. The Bertz CT molecular complexity index is 412. The first-order valence-corrected chi connectivity index (χ1v) is 5.10. The van der Waals surface area contributed by atoms with Gasteiger partial charge in [0.05, 0.1) is 6.07 Å². The number of nitrogens with zero attached hydrogens (tertiary/aromatic N) is 2. The highest BCUT2D eigenvalue weighted by Gasteiger charge is 2.14. The van der Waals surface area contributed by atoms with E-state index in [1.165, 1.54) is 23.1 Å². The van der Waals surface area contributed by atoms with Crippen molar-refractivity contribution < 1.29 is 9.18 Å². The van der Waals surface area contributed by atoms with E-state index in [1.807, 2.05) is 13.0 Å². The molecular formula is C12H13FN2O. The van der Waals surface area contributed by atoms with Crippen molar-refractivity contribution in [3.05, 3.63) is 35.6 Å². The summed E-state index contributed by atoms with van der Waals surface area (Å²) in [6.07, 6.45) is 0.767. The molecule has 3 nitrogen and oxygen atoms in total.